The van der Waals surface area contributed by atoms with Gasteiger partial charge in [-0.1, -0.05) is 29.3 Å². The van der Waals surface area contributed by atoms with E-state index in [0.717, 1.165) is 18.4 Å². The lowest BCUT2D eigenvalue weighted by Crippen LogP contribution is -2.39. The van der Waals surface area contributed by atoms with Crippen LogP contribution in [0.25, 0.3) is 10.9 Å². The van der Waals surface area contributed by atoms with E-state index in [2.05, 4.69) is 15.2 Å². The Morgan fingerprint density at radius 3 is 2.91 bits per heavy atom. The van der Waals surface area contributed by atoms with E-state index in [9.17, 15) is 14.3 Å². The van der Waals surface area contributed by atoms with Crippen molar-refractivity contribution in [3.8, 4) is 5.75 Å². The molecule has 0 saturated carbocycles. The van der Waals surface area contributed by atoms with Crippen LogP contribution in [0.1, 0.15) is 16.9 Å². The quantitative estimate of drug-likeness (QED) is 0.539. The molecule has 1 fully saturated rings. The number of ether oxygens (including phenoxy) is 1. The Hall–Kier alpha value is -2.45. The van der Waals surface area contributed by atoms with Crippen LogP contribution >= 0.6 is 23.2 Å². The molecule has 2 atom stereocenters. The van der Waals surface area contributed by atoms with Crippen molar-refractivity contribution in [3.63, 3.8) is 0 Å². The number of amides is 1. The molecule has 168 valence electrons. The van der Waals surface area contributed by atoms with Crippen LogP contribution < -0.4 is 10.1 Å². The van der Waals surface area contributed by atoms with Crippen molar-refractivity contribution in [1.29, 1.82) is 0 Å². The summed E-state index contributed by atoms with van der Waals surface area (Å²) in [6.45, 7) is 1.76. The van der Waals surface area contributed by atoms with Gasteiger partial charge in [-0.15, -0.1) is 0 Å². The fourth-order valence-corrected chi connectivity index (χ4v) is 4.01. The topological polar surface area (TPSA) is 74.7 Å². The van der Waals surface area contributed by atoms with E-state index in [0.29, 0.717) is 35.1 Å². The number of carbonyl (C=O) groups excluding carboxylic acids is 1. The second-order valence-electron chi connectivity index (χ2n) is 7.79. The highest BCUT2D eigenvalue weighted by Crippen LogP contribution is 2.21. The lowest BCUT2D eigenvalue weighted by Gasteiger charge is -2.20. The minimum atomic E-state index is -0.753. The number of halogens is 3. The molecule has 2 aromatic carbocycles. The average Bonchev–Trinajstić information content (AvgIpc) is 3.20. The van der Waals surface area contributed by atoms with Crippen molar-refractivity contribution in [2.24, 2.45) is 0 Å². The molecule has 2 heterocycles. The molecule has 9 heteroatoms. The summed E-state index contributed by atoms with van der Waals surface area (Å²) in [5, 5.41) is 14.8. The predicted molar refractivity (Wildman–Crippen MR) is 122 cm³/mol. The fraction of sp³-hybridized carbons (Fsp3) is 0.304. The summed E-state index contributed by atoms with van der Waals surface area (Å²) >= 11 is 11.6. The molecular formula is C23H22Cl2FN3O3. The molecule has 1 aromatic heterocycles. The number of hydrogen-bond acceptors (Lipinski definition) is 5. The average molecular weight is 478 g/mol. The Kier molecular flexibility index (Phi) is 7.10. The van der Waals surface area contributed by atoms with Crippen LogP contribution in [0.2, 0.25) is 10.0 Å². The number of likely N-dealkylation sites (tertiary alicyclic amines) is 1. The van der Waals surface area contributed by atoms with Crippen LogP contribution in [-0.2, 0) is 0 Å². The van der Waals surface area contributed by atoms with E-state index in [1.54, 1.807) is 30.3 Å². The van der Waals surface area contributed by atoms with Crippen molar-refractivity contribution < 1.29 is 19.0 Å². The number of benzene rings is 2. The number of aromatic nitrogens is 1. The summed E-state index contributed by atoms with van der Waals surface area (Å²) in [7, 11) is 0. The fourth-order valence-electron chi connectivity index (χ4n) is 3.71. The Labute approximate surface area is 194 Å². The minimum absolute atomic E-state index is 0.0198. The van der Waals surface area contributed by atoms with Gasteiger partial charge in [0.15, 0.2) is 0 Å². The zero-order valence-electron chi connectivity index (χ0n) is 17.1. The minimum Gasteiger partial charge on any atom is -0.491 e. The second-order valence-corrected chi connectivity index (χ2v) is 8.64. The molecule has 1 saturated heterocycles. The van der Waals surface area contributed by atoms with Crippen LogP contribution in [0.5, 0.6) is 5.75 Å². The Morgan fingerprint density at radius 2 is 2.09 bits per heavy atom. The molecular weight excluding hydrogens is 456 g/mol. The van der Waals surface area contributed by atoms with Gasteiger partial charge in [0, 0.05) is 42.2 Å². The van der Waals surface area contributed by atoms with Crippen LogP contribution in [0, 0.1) is 5.82 Å². The largest absolute Gasteiger partial charge is 0.491 e. The lowest BCUT2D eigenvalue weighted by molar-refractivity contribution is 0.0746. The van der Waals surface area contributed by atoms with Gasteiger partial charge in [-0.2, -0.15) is 0 Å². The standard InChI is InChI=1S/C23H22Cl2FN3O3/c24-15-2-6-21-14(9-15)1-5-22(28-21)23(31)27-16-7-8-29(11-16)12-17(30)13-32-18-3-4-19(25)20(26)10-18/h1-6,9-10,16-17,30H,7-8,11-13H2,(H,27,31). The van der Waals surface area contributed by atoms with Gasteiger partial charge in [0.1, 0.15) is 30.0 Å². The third-order valence-corrected chi connectivity index (χ3v) is 5.84. The molecule has 4 rings (SSSR count). The van der Waals surface area contributed by atoms with Crippen molar-refractivity contribution in [2.75, 3.05) is 26.2 Å². The van der Waals surface area contributed by atoms with Crippen molar-refractivity contribution >= 4 is 40.0 Å². The zero-order valence-corrected chi connectivity index (χ0v) is 18.6. The van der Waals surface area contributed by atoms with E-state index in [4.69, 9.17) is 27.9 Å². The molecule has 2 N–H and O–H groups in total. The first-order valence-corrected chi connectivity index (χ1v) is 11.0. The number of nitrogens with zero attached hydrogens (tertiary/aromatic N) is 2. The second kappa shape index (κ2) is 10.0. The van der Waals surface area contributed by atoms with E-state index >= 15 is 0 Å². The van der Waals surface area contributed by atoms with Gasteiger partial charge < -0.3 is 15.2 Å². The van der Waals surface area contributed by atoms with Gasteiger partial charge in [0.2, 0.25) is 0 Å². The van der Waals surface area contributed by atoms with Crippen molar-refractivity contribution in [1.82, 2.24) is 15.2 Å². The number of fused-ring (bicyclic) bond motifs is 1. The molecule has 2 unspecified atom stereocenters. The summed E-state index contributed by atoms with van der Waals surface area (Å²) in [6.07, 6.45) is 0.0161. The van der Waals surface area contributed by atoms with E-state index < -0.39 is 11.9 Å². The summed E-state index contributed by atoms with van der Waals surface area (Å²) < 4.78 is 18.9. The third-order valence-electron chi connectivity index (χ3n) is 5.29. The number of aliphatic hydroxyl groups excluding tert-OH is 1. The van der Waals surface area contributed by atoms with Crippen LogP contribution in [-0.4, -0.2) is 59.3 Å². The molecule has 0 radical (unpaired) electrons. The van der Waals surface area contributed by atoms with E-state index in [1.807, 2.05) is 6.07 Å². The SMILES string of the molecule is O=C(NC1CCN(CC(O)COc2ccc(Cl)c(F)c2)C1)c1ccc2cc(Cl)ccc2n1. The molecule has 0 spiro atoms. The normalized spacial score (nSPS) is 17.4. The van der Waals surface area contributed by atoms with Crippen LogP contribution in [0.3, 0.4) is 0 Å². The number of carbonyl (C=O) groups is 1. The Balaban J connectivity index is 1.25. The van der Waals surface area contributed by atoms with E-state index in [1.165, 1.54) is 12.1 Å². The molecule has 6 nitrogen and oxygen atoms in total. The van der Waals surface area contributed by atoms with Crippen LogP contribution in [0.15, 0.2) is 48.5 Å². The highest BCUT2D eigenvalue weighted by Gasteiger charge is 2.26. The van der Waals surface area contributed by atoms with Gasteiger partial charge in [0.05, 0.1) is 10.5 Å². The molecule has 1 aliphatic heterocycles. The number of rotatable bonds is 7. The van der Waals surface area contributed by atoms with Crippen molar-refractivity contribution in [3.05, 3.63) is 70.1 Å². The summed E-state index contributed by atoms with van der Waals surface area (Å²) in [5.74, 6) is -0.494. The van der Waals surface area contributed by atoms with Gasteiger partial charge >= 0.3 is 0 Å². The first-order chi connectivity index (χ1) is 15.4. The number of nitrogens with one attached hydrogen (secondary N) is 1. The number of hydrogen-bond donors (Lipinski definition) is 2. The maximum Gasteiger partial charge on any atom is 0.270 e. The molecule has 1 amide bonds. The summed E-state index contributed by atoms with van der Waals surface area (Å²) in [6, 6.07) is 12.9. The van der Waals surface area contributed by atoms with Gasteiger partial charge in [-0.05, 0) is 42.8 Å². The maximum absolute atomic E-state index is 13.5. The first kappa shape index (κ1) is 22.7. The predicted octanol–water partition coefficient (Wildman–Crippen LogP) is 3.92. The molecule has 32 heavy (non-hydrogen) atoms. The third kappa shape index (κ3) is 5.66. The number of β-amino-alcohol motifs (C(OH)–C–C–N with tert-alkyl or cyclic N) is 1. The van der Waals surface area contributed by atoms with E-state index in [-0.39, 0.29) is 23.6 Å². The van der Waals surface area contributed by atoms with Crippen LogP contribution in [0.4, 0.5) is 4.39 Å². The summed E-state index contributed by atoms with van der Waals surface area (Å²) in [4.78, 5) is 19.1. The first-order valence-electron chi connectivity index (χ1n) is 10.2. The number of pyridine rings is 1. The molecule has 3 aromatic rings. The molecule has 0 aliphatic carbocycles. The van der Waals surface area contributed by atoms with Gasteiger partial charge in [0.25, 0.3) is 5.91 Å². The molecule has 0 bridgehead atoms. The monoisotopic (exact) mass is 477 g/mol. The maximum atomic E-state index is 13.5. The smallest absolute Gasteiger partial charge is 0.270 e. The summed E-state index contributed by atoms with van der Waals surface area (Å²) in [5.41, 5.74) is 1.06. The lowest BCUT2D eigenvalue weighted by atomic mass is 10.2. The van der Waals surface area contributed by atoms with Gasteiger partial charge in [-0.25, -0.2) is 9.37 Å². The zero-order chi connectivity index (χ0) is 22.7. The van der Waals surface area contributed by atoms with Crippen molar-refractivity contribution in [2.45, 2.75) is 18.6 Å². The molecule has 1 aliphatic rings. The highest BCUT2D eigenvalue weighted by atomic mass is 35.5. The number of aliphatic hydroxyl groups is 1. The highest BCUT2D eigenvalue weighted by molar-refractivity contribution is 6.31. The Morgan fingerprint density at radius 1 is 1.25 bits per heavy atom. The Bertz CT molecular complexity index is 1130. The van der Waals surface area contributed by atoms with Gasteiger partial charge in [-0.3, -0.25) is 9.69 Å².